The topological polar surface area (TPSA) is 69.7 Å². The molecule has 1 unspecified atom stereocenters. The minimum Gasteiger partial charge on any atom is -0.760 e. The maximum atomic E-state index is 11.9. The predicted molar refractivity (Wildman–Crippen MR) is 97.4 cm³/mol. The van der Waals surface area contributed by atoms with Gasteiger partial charge in [-0.25, -0.2) is 9.10 Å². The Kier molecular flexibility index (Phi) is 6.11. The van der Waals surface area contributed by atoms with Crippen molar-refractivity contribution in [2.45, 2.75) is 32.9 Å². The van der Waals surface area contributed by atoms with Gasteiger partial charge in [0.25, 0.3) is 0 Å². The van der Waals surface area contributed by atoms with Gasteiger partial charge in [0, 0.05) is 23.4 Å². The van der Waals surface area contributed by atoms with Crippen molar-refractivity contribution < 1.29 is 18.3 Å². The number of hydrogen-bond donors (Lipinski definition) is 0. The summed E-state index contributed by atoms with van der Waals surface area (Å²) in [4.78, 5) is 11.9. The van der Waals surface area contributed by atoms with E-state index in [1.54, 1.807) is 12.1 Å². The van der Waals surface area contributed by atoms with Crippen molar-refractivity contribution in [1.82, 2.24) is 4.31 Å². The van der Waals surface area contributed by atoms with Gasteiger partial charge in [-0.2, -0.15) is 0 Å². The minimum absolute atomic E-state index is 0.161. The van der Waals surface area contributed by atoms with Crippen LogP contribution in [0.3, 0.4) is 0 Å². The van der Waals surface area contributed by atoms with E-state index in [9.17, 15) is 13.6 Å². The molecule has 1 atom stereocenters. The van der Waals surface area contributed by atoms with Crippen LogP contribution < -0.4 is 0 Å². The van der Waals surface area contributed by atoms with E-state index >= 15 is 0 Å². The molecular formula is C19H22NO4S-. The number of carbonyl (C=O) groups excluding carboxylic acids is 1. The molecule has 0 saturated carbocycles. The minimum atomic E-state index is -2.39. The fourth-order valence-corrected chi connectivity index (χ4v) is 3.23. The van der Waals surface area contributed by atoms with Gasteiger partial charge in [0.15, 0.2) is 0 Å². The lowest BCUT2D eigenvalue weighted by Crippen LogP contribution is -2.42. The quantitative estimate of drug-likeness (QED) is 0.604. The number of esters is 1. The molecule has 0 bridgehead atoms. The summed E-state index contributed by atoms with van der Waals surface area (Å²) in [5.74, 6) is -0.452. The van der Waals surface area contributed by atoms with Gasteiger partial charge in [-0.1, -0.05) is 36.4 Å². The highest BCUT2D eigenvalue weighted by Gasteiger charge is 2.24. The average molecular weight is 360 g/mol. The number of nitrogens with zero attached hydrogens (tertiary/aromatic N) is 1. The van der Waals surface area contributed by atoms with Crippen LogP contribution >= 0.6 is 0 Å². The normalized spacial score (nSPS) is 12.9. The summed E-state index contributed by atoms with van der Waals surface area (Å²) in [6, 6.07) is 14.9. The summed E-state index contributed by atoms with van der Waals surface area (Å²) in [7, 11) is 1.32. The highest BCUT2D eigenvalue weighted by molar-refractivity contribution is 7.76. The third-order valence-corrected chi connectivity index (χ3v) is 4.89. The van der Waals surface area contributed by atoms with Crippen LogP contribution in [0.2, 0.25) is 0 Å². The summed E-state index contributed by atoms with van der Waals surface area (Å²) < 4.78 is 29.6. The molecule has 2 rings (SSSR count). The van der Waals surface area contributed by atoms with Crippen LogP contribution in [0.15, 0.2) is 48.5 Å². The number of rotatable bonds is 5. The van der Waals surface area contributed by atoms with Gasteiger partial charge in [-0.3, -0.25) is 4.21 Å². The Balaban J connectivity index is 2.55. The average Bonchev–Trinajstić information content (AvgIpc) is 2.58. The van der Waals surface area contributed by atoms with E-state index < -0.39 is 22.8 Å². The molecule has 134 valence electrons. The van der Waals surface area contributed by atoms with Crippen molar-refractivity contribution in [3.63, 3.8) is 0 Å². The van der Waals surface area contributed by atoms with Crippen molar-refractivity contribution >= 4 is 17.2 Å². The van der Waals surface area contributed by atoms with Crippen LogP contribution in [-0.4, -0.2) is 31.7 Å². The second-order valence-corrected chi connectivity index (χ2v) is 7.53. The molecule has 2 aromatic rings. The van der Waals surface area contributed by atoms with Gasteiger partial charge >= 0.3 is 5.97 Å². The van der Waals surface area contributed by atoms with E-state index in [4.69, 9.17) is 4.74 Å². The Hall–Kier alpha value is -2.02. The van der Waals surface area contributed by atoms with Crippen molar-refractivity contribution in [2.75, 3.05) is 7.11 Å². The second-order valence-electron chi connectivity index (χ2n) is 6.65. The van der Waals surface area contributed by atoms with Gasteiger partial charge in [0.1, 0.15) is 0 Å². The van der Waals surface area contributed by atoms with Crippen LogP contribution in [0, 0.1) is 0 Å². The molecular weight excluding hydrogens is 338 g/mol. The van der Waals surface area contributed by atoms with Crippen LogP contribution in [-0.2, 0) is 22.5 Å². The molecule has 5 nitrogen and oxygen atoms in total. The van der Waals surface area contributed by atoms with Crippen molar-refractivity contribution in [3.8, 4) is 11.1 Å². The Morgan fingerprint density at radius 2 is 1.80 bits per heavy atom. The molecule has 0 amide bonds. The number of hydrogen-bond acceptors (Lipinski definition) is 4. The second kappa shape index (κ2) is 7.91. The maximum Gasteiger partial charge on any atom is 0.337 e. The molecule has 0 N–H and O–H groups in total. The Labute approximate surface area is 151 Å². The maximum absolute atomic E-state index is 11.9. The molecule has 0 aliphatic heterocycles. The van der Waals surface area contributed by atoms with E-state index in [-0.39, 0.29) is 6.54 Å². The first-order valence-corrected chi connectivity index (χ1v) is 8.91. The monoisotopic (exact) mass is 360 g/mol. The van der Waals surface area contributed by atoms with Crippen LogP contribution in [0.1, 0.15) is 36.7 Å². The number of benzene rings is 2. The summed E-state index contributed by atoms with van der Waals surface area (Å²) in [5.41, 5.74) is 2.39. The molecule has 0 saturated heterocycles. The van der Waals surface area contributed by atoms with E-state index in [0.717, 1.165) is 16.7 Å². The van der Waals surface area contributed by atoms with Crippen molar-refractivity contribution in [1.29, 1.82) is 0 Å². The van der Waals surface area contributed by atoms with E-state index in [1.165, 1.54) is 11.4 Å². The first-order valence-electron chi connectivity index (χ1n) is 7.87. The van der Waals surface area contributed by atoms with E-state index in [2.05, 4.69) is 0 Å². The summed E-state index contributed by atoms with van der Waals surface area (Å²) in [6.45, 7) is 5.65. The molecule has 0 aliphatic carbocycles. The van der Waals surface area contributed by atoms with Crippen LogP contribution in [0.4, 0.5) is 0 Å². The molecule has 0 fully saturated rings. The number of ether oxygens (including phenoxy) is 1. The first kappa shape index (κ1) is 19.3. The van der Waals surface area contributed by atoms with Gasteiger partial charge in [-0.15, -0.1) is 0 Å². The largest absolute Gasteiger partial charge is 0.760 e. The Morgan fingerprint density at radius 1 is 1.16 bits per heavy atom. The fourth-order valence-electron chi connectivity index (χ4n) is 2.54. The molecule has 0 heterocycles. The number of methoxy groups -OCH3 is 1. The standard InChI is InChI=1S/C19H23NO4S/c1-19(2,3)20(25(22)23)13-16-12-15(18(21)24-4)10-11-17(16)14-8-6-5-7-9-14/h5-12H,13H2,1-4H3,(H,22,23)/p-1. The number of carbonyl (C=O) groups is 1. The zero-order chi connectivity index (χ0) is 18.6. The Bertz CT molecular complexity index is 769. The molecule has 0 aromatic heterocycles. The lowest BCUT2D eigenvalue weighted by atomic mass is 9.96. The predicted octanol–water partition coefficient (Wildman–Crippen LogP) is 3.53. The van der Waals surface area contributed by atoms with Gasteiger partial charge in [0.05, 0.1) is 12.7 Å². The first-order chi connectivity index (χ1) is 11.7. The SMILES string of the molecule is COC(=O)c1ccc(-c2ccccc2)c(CN(S(=O)[O-])C(C)(C)C)c1. The fraction of sp³-hybridized carbons (Fsp3) is 0.316. The third-order valence-electron chi connectivity index (χ3n) is 3.85. The van der Waals surface area contributed by atoms with Crippen LogP contribution in [0.25, 0.3) is 11.1 Å². The third kappa shape index (κ3) is 4.75. The lowest BCUT2D eigenvalue weighted by molar-refractivity contribution is 0.0600. The molecule has 0 aliphatic rings. The van der Waals surface area contributed by atoms with Gasteiger partial charge < -0.3 is 9.29 Å². The molecule has 6 heteroatoms. The van der Waals surface area contributed by atoms with Gasteiger partial charge in [0.2, 0.25) is 0 Å². The lowest BCUT2D eigenvalue weighted by Gasteiger charge is -2.37. The summed E-state index contributed by atoms with van der Waals surface area (Å²) >= 11 is -2.39. The van der Waals surface area contributed by atoms with Crippen molar-refractivity contribution in [3.05, 3.63) is 59.7 Å². The molecule has 0 spiro atoms. The molecule has 2 aromatic carbocycles. The summed E-state index contributed by atoms with van der Waals surface area (Å²) in [6.07, 6.45) is 0. The van der Waals surface area contributed by atoms with E-state index in [0.29, 0.717) is 5.56 Å². The van der Waals surface area contributed by atoms with E-state index in [1.807, 2.05) is 57.2 Å². The molecule has 0 radical (unpaired) electrons. The highest BCUT2D eigenvalue weighted by Crippen LogP contribution is 2.28. The van der Waals surface area contributed by atoms with Crippen molar-refractivity contribution in [2.24, 2.45) is 0 Å². The van der Waals surface area contributed by atoms with Crippen LogP contribution in [0.5, 0.6) is 0 Å². The smallest absolute Gasteiger partial charge is 0.337 e. The zero-order valence-electron chi connectivity index (χ0n) is 14.8. The Morgan fingerprint density at radius 3 is 2.32 bits per heavy atom. The zero-order valence-corrected chi connectivity index (χ0v) is 15.6. The molecule has 25 heavy (non-hydrogen) atoms. The van der Waals surface area contributed by atoms with Gasteiger partial charge in [-0.05, 0) is 49.6 Å². The highest BCUT2D eigenvalue weighted by atomic mass is 32.2. The summed E-state index contributed by atoms with van der Waals surface area (Å²) in [5, 5.41) is 0.